The first-order valence-electron chi connectivity index (χ1n) is 5.72. The number of esters is 1. The van der Waals surface area contributed by atoms with Gasteiger partial charge in [-0.15, -0.1) is 0 Å². The highest BCUT2D eigenvalue weighted by molar-refractivity contribution is 14.1. The molecule has 2 rings (SSSR count). The van der Waals surface area contributed by atoms with Crippen LogP contribution >= 0.6 is 22.6 Å². The maximum atomic E-state index is 11.9. The quantitative estimate of drug-likeness (QED) is 0.650. The topological polar surface area (TPSA) is 55.4 Å². The minimum atomic E-state index is -0.528. The summed E-state index contributed by atoms with van der Waals surface area (Å²) >= 11 is 2.22. The summed E-state index contributed by atoms with van der Waals surface area (Å²) in [5.74, 6) is -0.842. The molecule has 0 bridgehead atoms. The zero-order chi connectivity index (χ0) is 13.3. The fourth-order valence-corrected chi connectivity index (χ4v) is 2.53. The van der Waals surface area contributed by atoms with Crippen LogP contribution in [-0.4, -0.2) is 18.1 Å². The number of carbonyl (C=O) groups is 2. The third kappa shape index (κ3) is 2.66. The number of hydrogen-bond acceptors (Lipinski definition) is 3. The van der Waals surface area contributed by atoms with Crippen molar-refractivity contribution in [2.24, 2.45) is 5.92 Å². The van der Waals surface area contributed by atoms with Crippen LogP contribution in [-0.2, 0) is 14.3 Å². The van der Waals surface area contributed by atoms with E-state index in [9.17, 15) is 9.59 Å². The molecule has 1 N–H and O–H groups in total. The van der Waals surface area contributed by atoms with Gasteiger partial charge in [-0.05, 0) is 40.3 Å². The number of nitrogens with one attached hydrogen (secondary N) is 1. The lowest BCUT2D eigenvalue weighted by Crippen LogP contribution is -2.36. The third-order valence-corrected chi connectivity index (χ3v) is 3.79. The van der Waals surface area contributed by atoms with E-state index in [-0.39, 0.29) is 23.7 Å². The van der Waals surface area contributed by atoms with E-state index >= 15 is 0 Å². The zero-order valence-corrected chi connectivity index (χ0v) is 12.3. The van der Waals surface area contributed by atoms with E-state index in [1.54, 1.807) is 0 Å². The Morgan fingerprint density at radius 1 is 1.33 bits per heavy atom. The molecule has 0 aromatic heterocycles. The molecule has 18 heavy (non-hydrogen) atoms. The van der Waals surface area contributed by atoms with Crippen LogP contribution in [0, 0.1) is 9.49 Å². The Labute approximate surface area is 119 Å². The Hall–Kier alpha value is -1.11. The predicted octanol–water partition coefficient (Wildman–Crippen LogP) is 2.03. The fraction of sp³-hybridized carbons (Fsp3) is 0.385. The van der Waals surface area contributed by atoms with Crippen molar-refractivity contribution in [3.05, 3.63) is 33.4 Å². The van der Waals surface area contributed by atoms with Gasteiger partial charge in [-0.2, -0.15) is 0 Å². The Morgan fingerprint density at radius 3 is 2.50 bits per heavy atom. The maximum Gasteiger partial charge on any atom is 0.315 e. The molecule has 1 amide bonds. The summed E-state index contributed by atoms with van der Waals surface area (Å²) in [6, 6.07) is 7.78. The van der Waals surface area contributed by atoms with Crippen molar-refractivity contribution in [2.45, 2.75) is 26.0 Å². The molecule has 1 fully saturated rings. The lowest BCUT2D eigenvalue weighted by molar-refractivity contribution is -0.144. The first-order chi connectivity index (χ1) is 8.49. The predicted molar refractivity (Wildman–Crippen MR) is 74.8 cm³/mol. The lowest BCUT2D eigenvalue weighted by atomic mass is 9.88. The standard InChI is InChI=1S/C13H14INO3/c1-7-11(9-3-5-10(14)6-4-9)13(17)18-12(7)15-8(2)16/h3-7,11-12H,1-2H3,(H,15,16)/t7?,11?,12-/m1/s1. The molecule has 5 heteroatoms. The largest absolute Gasteiger partial charge is 0.441 e. The minimum absolute atomic E-state index is 0.0681. The van der Waals surface area contributed by atoms with Gasteiger partial charge in [0.1, 0.15) is 0 Å². The zero-order valence-electron chi connectivity index (χ0n) is 10.1. The van der Waals surface area contributed by atoms with Crippen LogP contribution in [0.5, 0.6) is 0 Å². The Bertz CT molecular complexity index is 472. The Kier molecular flexibility index (Phi) is 3.89. The first-order valence-corrected chi connectivity index (χ1v) is 6.80. The highest BCUT2D eigenvalue weighted by Crippen LogP contribution is 2.35. The van der Waals surface area contributed by atoms with Crippen molar-refractivity contribution in [3.8, 4) is 0 Å². The number of amides is 1. The number of benzene rings is 1. The summed E-state index contributed by atoms with van der Waals surface area (Å²) in [4.78, 5) is 22.9. The van der Waals surface area contributed by atoms with Gasteiger partial charge in [-0.1, -0.05) is 19.1 Å². The van der Waals surface area contributed by atoms with E-state index < -0.39 is 6.23 Å². The molecule has 2 unspecified atom stereocenters. The molecule has 1 aliphatic rings. The van der Waals surface area contributed by atoms with Gasteiger partial charge in [-0.3, -0.25) is 9.59 Å². The van der Waals surface area contributed by atoms with Gasteiger partial charge in [-0.25, -0.2) is 0 Å². The molecule has 1 aromatic carbocycles. The van der Waals surface area contributed by atoms with Crippen LogP contribution in [0.4, 0.5) is 0 Å². The molecule has 0 radical (unpaired) electrons. The van der Waals surface area contributed by atoms with Crippen molar-refractivity contribution < 1.29 is 14.3 Å². The summed E-state index contributed by atoms with van der Waals surface area (Å²) < 4.78 is 6.33. The third-order valence-electron chi connectivity index (χ3n) is 3.08. The van der Waals surface area contributed by atoms with Gasteiger partial charge in [0, 0.05) is 16.4 Å². The molecule has 3 atom stereocenters. The molecule has 0 aliphatic carbocycles. The van der Waals surface area contributed by atoms with Gasteiger partial charge in [0.2, 0.25) is 5.91 Å². The monoisotopic (exact) mass is 359 g/mol. The van der Waals surface area contributed by atoms with Crippen molar-refractivity contribution in [1.29, 1.82) is 0 Å². The maximum absolute atomic E-state index is 11.9. The highest BCUT2D eigenvalue weighted by atomic mass is 127. The van der Waals surface area contributed by atoms with E-state index in [1.807, 2.05) is 31.2 Å². The van der Waals surface area contributed by atoms with E-state index in [0.717, 1.165) is 9.13 Å². The van der Waals surface area contributed by atoms with Crippen LogP contribution in [0.2, 0.25) is 0 Å². The van der Waals surface area contributed by atoms with E-state index in [4.69, 9.17) is 4.74 Å². The molecule has 1 saturated heterocycles. The van der Waals surface area contributed by atoms with Gasteiger partial charge in [0.25, 0.3) is 0 Å². The number of rotatable bonds is 2. The van der Waals surface area contributed by atoms with Crippen molar-refractivity contribution in [3.63, 3.8) is 0 Å². The Balaban J connectivity index is 2.21. The summed E-state index contributed by atoms with van der Waals surface area (Å²) in [7, 11) is 0. The normalized spacial score (nSPS) is 26.8. The SMILES string of the molecule is CC(=O)N[C@@H]1OC(=O)C(c2ccc(I)cc2)C1C. The molecule has 96 valence electrons. The minimum Gasteiger partial charge on any atom is -0.441 e. The second-order valence-electron chi connectivity index (χ2n) is 4.45. The molecular formula is C13H14INO3. The molecular weight excluding hydrogens is 345 g/mol. The average Bonchev–Trinajstić information content (AvgIpc) is 2.55. The highest BCUT2D eigenvalue weighted by Gasteiger charge is 2.43. The van der Waals surface area contributed by atoms with Gasteiger partial charge in [0.05, 0.1) is 5.92 Å². The van der Waals surface area contributed by atoms with Crippen LogP contribution < -0.4 is 5.32 Å². The number of hydrogen-bond donors (Lipinski definition) is 1. The smallest absolute Gasteiger partial charge is 0.315 e. The summed E-state index contributed by atoms with van der Waals surface area (Å²) in [6.07, 6.45) is -0.528. The van der Waals surface area contributed by atoms with Crippen molar-refractivity contribution in [2.75, 3.05) is 0 Å². The number of carbonyl (C=O) groups excluding carboxylic acids is 2. The lowest BCUT2D eigenvalue weighted by Gasteiger charge is -2.16. The number of cyclic esters (lactones) is 1. The van der Waals surface area contributed by atoms with Crippen LogP contribution in [0.3, 0.4) is 0 Å². The molecule has 4 nitrogen and oxygen atoms in total. The van der Waals surface area contributed by atoms with Crippen molar-refractivity contribution >= 4 is 34.5 Å². The fourth-order valence-electron chi connectivity index (χ4n) is 2.17. The van der Waals surface area contributed by atoms with E-state index in [2.05, 4.69) is 27.9 Å². The van der Waals surface area contributed by atoms with Gasteiger partial charge >= 0.3 is 5.97 Å². The molecule has 1 aliphatic heterocycles. The first kappa shape index (κ1) is 13.3. The average molecular weight is 359 g/mol. The number of ether oxygens (including phenoxy) is 1. The van der Waals surface area contributed by atoms with E-state index in [1.165, 1.54) is 6.92 Å². The van der Waals surface area contributed by atoms with E-state index in [0.29, 0.717) is 0 Å². The molecule has 0 spiro atoms. The second kappa shape index (κ2) is 5.26. The molecule has 0 saturated carbocycles. The van der Waals surface area contributed by atoms with Crippen LogP contribution in [0.15, 0.2) is 24.3 Å². The van der Waals surface area contributed by atoms with Crippen molar-refractivity contribution in [1.82, 2.24) is 5.32 Å². The van der Waals surface area contributed by atoms with Crippen LogP contribution in [0.1, 0.15) is 25.3 Å². The summed E-state index contributed by atoms with van der Waals surface area (Å²) in [5.41, 5.74) is 0.931. The molecule has 1 aromatic rings. The number of halogens is 1. The molecule has 1 heterocycles. The summed E-state index contributed by atoms with van der Waals surface area (Å²) in [5, 5.41) is 2.65. The summed E-state index contributed by atoms with van der Waals surface area (Å²) in [6.45, 7) is 3.33. The van der Waals surface area contributed by atoms with Gasteiger partial charge in [0.15, 0.2) is 6.23 Å². The Morgan fingerprint density at radius 2 is 1.94 bits per heavy atom. The van der Waals surface area contributed by atoms with Crippen LogP contribution in [0.25, 0.3) is 0 Å². The second-order valence-corrected chi connectivity index (χ2v) is 5.69. The van der Waals surface area contributed by atoms with Gasteiger partial charge < -0.3 is 10.1 Å².